The predicted octanol–water partition coefficient (Wildman–Crippen LogP) is 2.87. The Bertz CT molecular complexity index is 864. The van der Waals surface area contributed by atoms with E-state index in [4.69, 9.17) is 22.1 Å². The smallest absolute Gasteiger partial charge is 0.246 e. The molecule has 0 radical (unpaired) electrons. The first-order valence-corrected chi connectivity index (χ1v) is 12.1. The quantitative estimate of drug-likeness (QED) is 0.581. The second-order valence-corrected chi connectivity index (χ2v) is 9.49. The molecule has 4 N–H and O–H groups in total. The average molecular weight is 463 g/mol. The van der Waals surface area contributed by atoms with Crippen LogP contribution in [-0.2, 0) is 11.2 Å². The van der Waals surface area contributed by atoms with Crippen LogP contribution in [0.2, 0.25) is 5.02 Å². The Labute approximate surface area is 195 Å². The number of piperidine rings is 1. The largest absolute Gasteiger partial charge is 0.387 e. The summed E-state index contributed by atoms with van der Waals surface area (Å²) in [6, 6.07) is 8.77. The van der Waals surface area contributed by atoms with E-state index < -0.39 is 5.60 Å². The molecule has 1 aromatic carbocycles. The fourth-order valence-corrected chi connectivity index (χ4v) is 5.19. The zero-order valence-electron chi connectivity index (χ0n) is 19.0. The lowest BCUT2D eigenvalue weighted by molar-refractivity contribution is -0.169. The molecule has 8 nitrogen and oxygen atoms in total. The zero-order chi connectivity index (χ0) is 22.7. The number of H-pyrrole nitrogens is 1. The summed E-state index contributed by atoms with van der Waals surface area (Å²) >= 11 is 6.08. The molecule has 2 fully saturated rings. The number of aromatic nitrogens is 3. The molecule has 0 bridgehead atoms. The molecule has 176 valence electrons. The predicted molar refractivity (Wildman–Crippen MR) is 127 cm³/mol. The van der Waals surface area contributed by atoms with Crippen LogP contribution in [0.1, 0.15) is 45.1 Å². The van der Waals surface area contributed by atoms with Gasteiger partial charge in [-0.25, -0.2) is 5.10 Å². The molecular weight excluding hydrogens is 428 g/mol. The average Bonchev–Trinajstić information content (AvgIpc) is 3.26. The van der Waals surface area contributed by atoms with Crippen LogP contribution in [-0.4, -0.2) is 75.2 Å². The van der Waals surface area contributed by atoms with Gasteiger partial charge < -0.3 is 20.5 Å². The minimum Gasteiger partial charge on any atom is -0.387 e. The van der Waals surface area contributed by atoms with Crippen molar-refractivity contribution in [3.63, 3.8) is 0 Å². The summed E-state index contributed by atoms with van der Waals surface area (Å²) in [5, 5.41) is 18.8. The van der Waals surface area contributed by atoms with Crippen LogP contribution in [0.25, 0.3) is 0 Å². The Hall–Kier alpha value is -1.87. The molecule has 1 aromatic heterocycles. The highest BCUT2D eigenvalue weighted by molar-refractivity contribution is 6.30. The fourth-order valence-electron chi connectivity index (χ4n) is 5.07. The van der Waals surface area contributed by atoms with Gasteiger partial charge in [-0.2, -0.15) is 4.98 Å². The van der Waals surface area contributed by atoms with Gasteiger partial charge in [-0.3, -0.25) is 4.90 Å². The van der Waals surface area contributed by atoms with Gasteiger partial charge in [0.05, 0.1) is 18.3 Å². The molecule has 9 heteroatoms. The number of hydrogen-bond acceptors (Lipinski definition) is 7. The third kappa shape index (κ3) is 5.03. The number of nitrogen functional groups attached to an aromatic ring is 1. The molecular formula is C23H35ClN6O2. The lowest BCUT2D eigenvalue weighted by Gasteiger charge is -2.49. The monoisotopic (exact) mass is 462 g/mol. The molecule has 2 aliphatic rings. The number of nitrogens with one attached hydrogen (secondary N) is 1. The van der Waals surface area contributed by atoms with Gasteiger partial charge in [0, 0.05) is 36.7 Å². The number of ether oxygens (including phenoxy) is 1. The van der Waals surface area contributed by atoms with Crippen molar-refractivity contribution < 1.29 is 9.84 Å². The Kier molecular flexibility index (Phi) is 7.24. The standard InChI is InChI=1S/C23H35ClN6O2/c1-3-23(31,4-2)20-14-30(19(15-32-20)13-16-5-7-17(24)8-6-16)18-9-11-29(12-10-18)22-26-21(25)27-28-22/h5-8,18-20,31H,3-4,9-15H2,1-2H3,(H3,25,26,27,28)/t19-,20?/m0/s1. The van der Waals surface area contributed by atoms with Crippen molar-refractivity contribution in [1.82, 2.24) is 20.1 Å². The van der Waals surface area contributed by atoms with E-state index in [0.717, 1.165) is 43.9 Å². The van der Waals surface area contributed by atoms with Gasteiger partial charge in [-0.05, 0) is 49.8 Å². The molecule has 0 aliphatic carbocycles. The summed E-state index contributed by atoms with van der Waals surface area (Å²) in [5.74, 6) is 1.02. The van der Waals surface area contributed by atoms with Gasteiger partial charge in [-0.15, -0.1) is 5.10 Å². The van der Waals surface area contributed by atoms with Crippen molar-refractivity contribution in [3.8, 4) is 0 Å². The Balaban J connectivity index is 1.48. The molecule has 3 heterocycles. The van der Waals surface area contributed by atoms with E-state index in [-0.39, 0.29) is 12.1 Å². The highest BCUT2D eigenvalue weighted by Crippen LogP contribution is 2.32. The van der Waals surface area contributed by atoms with Crippen molar-refractivity contribution in [1.29, 1.82) is 0 Å². The molecule has 32 heavy (non-hydrogen) atoms. The highest BCUT2D eigenvalue weighted by atomic mass is 35.5. The van der Waals surface area contributed by atoms with Crippen LogP contribution in [0.3, 0.4) is 0 Å². The molecule has 1 unspecified atom stereocenters. The van der Waals surface area contributed by atoms with Crippen LogP contribution in [0.15, 0.2) is 24.3 Å². The summed E-state index contributed by atoms with van der Waals surface area (Å²) in [6.07, 6.45) is 4.12. The number of nitrogens with zero attached hydrogens (tertiary/aromatic N) is 4. The second kappa shape index (κ2) is 9.95. The van der Waals surface area contributed by atoms with Gasteiger partial charge in [0.25, 0.3) is 0 Å². The zero-order valence-corrected chi connectivity index (χ0v) is 19.8. The summed E-state index contributed by atoms with van der Waals surface area (Å²) in [6.45, 7) is 7.20. The topological polar surface area (TPSA) is 104 Å². The number of anilines is 2. The summed E-state index contributed by atoms with van der Waals surface area (Å²) in [5.41, 5.74) is 6.16. The lowest BCUT2D eigenvalue weighted by Crippen LogP contribution is -2.62. The van der Waals surface area contributed by atoms with E-state index >= 15 is 0 Å². The van der Waals surface area contributed by atoms with Crippen LogP contribution in [0.5, 0.6) is 0 Å². The molecule has 4 rings (SSSR count). The third-order valence-electron chi connectivity index (χ3n) is 7.25. The fraction of sp³-hybridized carbons (Fsp3) is 0.652. The SMILES string of the molecule is CCC(O)(CC)C1CN(C2CCN(c3n[nH]c(N)n3)CC2)[C@@H](Cc2ccc(Cl)cc2)CO1. The van der Waals surface area contributed by atoms with Crippen molar-refractivity contribution in [2.45, 2.75) is 69.7 Å². The normalized spacial score (nSPS) is 23.6. The van der Waals surface area contributed by atoms with E-state index in [1.54, 1.807) is 0 Å². The number of halogens is 1. The Morgan fingerprint density at radius 2 is 1.91 bits per heavy atom. The van der Waals surface area contributed by atoms with Gasteiger partial charge in [0.2, 0.25) is 11.9 Å². The van der Waals surface area contributed by atoms with E-state index in [1.807, 2.05) is 26.0 Å². The Morgan fingerprint density at radius 3 is 2.50 bits per heavy atom. The van der Waals surface area contributed by atoms with Gasteiger partial charge in [0.15, 0.2) is 0 Å². The minimum absolute atomic E-state index is 0.176. The highest BCUT2D eigenvalue weighted by Gasteiger charge is 2.43. The number of morpholine rings is 1. The van der Waals surface area contributed by atoms with Crippen molar-refractivity contribution in [3.05, 3.63) is 34.9 Å². The maximum atomic E-state index is 11.2. The minimum atomic E-state index is -0.791. The van der Waals surface area contributed by atoms with Crippen molar-refractivity contribution in [2.75, 3.05) is 36.9 Å². The second-order valence-electron chi connectivity index (χ2n) is 9.05. The summed E-state index contributed by atoms with van der Waals surface area (Å²) < 4.78 is 6.28. The van der Waals surface area contributed by atoms with Gasteiger partial charge in [-0.1, -0.05) is 37.6 Å². The number of benzene rings is 1. The Morgan fingerprint density at radius 1 is 1.22 bits per heavy atom. The van der Waals surface area contributed by atoms with Gasteiger partial charge in [0.1, 0.15) is 0 Å². The molecule has 0 amide bonds. The first kappa shape index (κ1) is 23.3. The van der Waals surface area contributed by atoms with Crippen LogP contribution < -0.4 is 10.6 Å². The molecule has 0 spiro atoms. The lowest BCUT2D eigenvalue weighted by atomic mass is 9.87. The molecule has 0 saturated carbocycles. The van der Waals surface area contributed by atoms with Crippen LogP contribution in [0, 0.1) is 0 Å². The van der Waals surface area contributed by atoms with E-state index in [9.17, 15) is 5.11 Å². The van der Waals surface area contributed by atoms with Crippen LogP contribution in [0.4, 0.5) is 11.9 Å². The maximum Gasteiger partial charge on any atom is 0.246 e. The number of nitrogens with two attached hydrogens (primary N) is 1. The number of rotatable bonds is 7. The molecule has 2 aliphatic heterocycles. The summed E-state index contributed by atoms with van der Waals surface area (Å²) in [4.78, 5) is 9.05. The molecule has 2 aromatic rings. The number of aromatic amines is 1. The molecule has 2 atom stereocenters. The first-order chi connectivity index (χ1) is 15.4. The van der Waals surface area contributed by atoms with Crippen LogP contribution >= 0.6 is 11.6 Å². The summed E-state index contributed by atoms with van der Waals surface area (Å²) in [7, 11) is 0. The van der Waals surface area contributed by atoms with Crippen molar-refractivity contribution >= 4 is 23.5 Å². The van der Waals surface area contributed by atoms with E-state index in [1.165, 1.54) is 5.56 Å². The van der Waals surface area contributed by atoms with Crippen molar-refractivity contribution in [2.24, 2.45) is 0 Å². The van der Waals surface area contributed by atoms with E-state index in [0.29, 0.717) is 37.4 Å². The van der Waals surface area contributed by atoms with E-state index in [2.05, 4.69) is 37.1 Å². The van der Waals surface area contributed by atoms with Gasteiger partial charge >= 0.3 is 0 Å². The number of hydrogen-bond donors (Lipinski definition) is 3. The third-order valence-corrected chi connectivity index (χ3v) is 7.50. The number of aliphatic hydroxyl groups is 1. The maximum absolute atomic E-state index is 11.2. The first-order valence-electron chi connectivity index (χ1n) is 11.7. The molecule has 2 saturated heterocycles.